The van der Waals surface area contributed by atoms with Crippen LogP contribution in [-0.2, 0) is 10.0 Å². The molecule has 0 aliphatic rings. The van der Waals surface area contributed by atoms with E-state index in [0.717, 1.165) is 12.0 Å². The van der Waals surface area contributed by atoms with Gasteiger partial charge in [0.05, 0.1) is 10.9 Å². The normalized spacial score (nSPS) is 13.0. The number of nitrogens with one attached hydrogen (secondary N) is 1. The Morgan fingerprint density at radius 3 is 2.11 bits per heavy atom. The van der Waals surface area contributed by atoms with Gasteiger partial charge in [0.25, 0.3) is 5.91 Å². The lowest BCUT2D eigenvalue weighted by Crippen LogP contribution is -2.33. The van der Waals surface area contributed by atoms with E-state index in [0.29, 0.717) is 10.6 Å². The third-order valence-electron chi connectivity index (χ3n) is 4.51. The molecule has 146 valence electrons. The van der Waals surface area contributed by atoms with Crippen LogP contribution >= 0.6 is 11.6 Å². The SMILES string of the molecule is CCC(NC(=O)c1ccc(S(=O)(=O)N(C)C(C)C)cc1)c1ccc(Cl)cc1. The largest absolute Gasteiger partial charge is 0.345 e. The topological polar surface area (TPSA) is 66.5 Å². The first-order valence-corrected chi connectivity index (χ1v) is 10.6. The molecule has 2 rings (SSSR count). The van der Waals surface area contributed by atoms with Crippen LogP contribution in [0, 0.1) is 0 Å². The van der Waals surface area contributed by atoms with E-state index in [2.05, 4.69) is 5.32 Å². The van der Waals surface area contributed by atoms with E-state index < -0.39 is 10.0 Å². The van der Waals surface area contributed by atoms with Crippen LogP contribution in [0.5, 0.6) is 0 Å². The quantitative estimate of drug-likeness (QED) is 0.744. The summed E-state index contributed by atoms with van der Waals surface area (Å²) in [7, 11) is -2.03. The minimum Gasteiger partial charge on any atom is -0.345 e. The number of halogens is 1. The van der Waals surface area contributed by atoms with Crippen molar-refractivity contribution in [3.05, 3.63) is 64.7 Å². The highest BCUT2D eigenvalue weighted by atomic mass is 35.5. The summed E-state index contributed by atoms with van der Waals surface area (Å²) in [5, 5.41) is 3.62. The van der Waals surface area contributed by atoms with E-state index in [1.807, 2.05) is 19.1 Å². The van der Waals surface area contributed by atoms with E-state index >= 15 is 0 Å². The summed E-state index contributed by atoms with van der Waals surface area (Å²) in [4.78, 5) is 12.7. The average Bonchev–Trinajstić information content (AvgIpc) is 2.66. The Morgan fingerprint density at radius 1 is 1.07 bits per heavy atom. The highest BCUT2D eigenvalue weighted by Gasteiger charge is 2.23. The number of amides is 1. The third kappa shape index (κ3) is 5.09. The van der Waals surface area contributed by atoms with Gasteiger partial charge in [-0.25, -0.2) is 8.42 Å². The summed E-state index contributed by atoms with van der Waals surface area (Å²) >= 11 is 5.91. The van der Waals surface area contributed by atoms with Gasteiger partial charge < -0.3 is 5.32 Å². The van der Waals surface area contributed by atoms with Gasteiger partial charge in [0, 0.05) is 23.7 Å². The molecule has 2 aromatic rings. The third-order valence-corrected chi connectivity index (χ3v) is 6.81. The lowest BCUT2D eigenvalue weighted by atomic mass is 10.0. The van der Waals surface area contributed by atoms with Crippen LogP contribution in [0.2, 0.25) is 5.02 Å². The van der Waals surface area contributed by atoms with Gasteiger partial charge in [0.15, 0.2) is 0 Å². The molecule has 2 aromatic carbocycles. The molecule has 0 bridgehead atoms. The monoisotopic (exact) mass is 408 g/mol. The smallest absolute Gasteiger partial charge is 0.251 e. The molecule has 0 aliphatic heterocycles. The zero-order valence-electron chi connectivity index (χ0n) is 15.9. The predicted molar refractivity (Wildman–Crippen MR) is 108 cm³/mol. The Morgan fingerprint density at radius 2 is 1.63 bits per heavy atom. The molecule has 7 heteroatoms. The molecule has 0 saturated carbocycles. The molecule has 0 radical (unpaired) electrons. The van der Waals surface area contributed by atoms with Gasteiger partial charge in [-0.2, -0.15) is 4.31 Å². The van der Waals surface area contributed by atoms with Crippen LogP contribution in [0.1, 0.15) is 49.2 Å². The van der Waals surface area contributed by atoms with Crippen LogP contribution < -0.4 is 5.32 Å². The minimum absolute atomic E-state index is 0.148. The van der Waals surface area contributed by atoms with Crippen molar-refractivity contribution in [3.8, 4) is 0 Å². The number of benzene rings is 2. The maximum Gasteiger partial charge on any atom is 0.251 e. The molecule has 27 heavy (non-hydrogen) atoms. The van der Waals surface area contributed by atoms with Gasteiger partial charge in [-0.15, -0.1) is 0 Å². The van der Waals surface area contributed by atoms with Gasteiger partial charge >= 0.3 is 0 Å². The maximum atomic E-state index is 12.6. The fraction of sp³-hybridized carbons (Fsp3) is 0.350. The standard InChI is InChI=1S/C20H25ClN2O3S/c1-5-19(15-6-10-17(21)11-7-15)22-20(24)16-8-12-18(13-9-16)27(25,26)23(4)14(2)3/h6-14,19H,5H2,1-4H3,(H,22,24). The summed E-state index contributed by atoms with van der Waals surface area (Å²) in [5.41, 5.74) is 1.38. The number of nitrogens with zero attached hydrogens (tertiary/aromatic N) is 1. The molecule has 0 aromatic heterocycles. The Labute approximate surface area is 166 Å². The second-order valence-electron chi connectivity index (χ2n) is 6.63. The summed E-state index contributed by atoms with van der Waals surface area (Å²) < 4.78 is 26.3. The predicted octanol–water partition coefficient (Wildman–Crippen LogP) is 4.25. The fourth-order valence-electron chi connectivity index (χ4n) is 2.58. The second-order valence-corrected chi connectivity index (χ2v) is 9.06. The molecule has 1 N–H and O–H groups in total. The fourth-order valence-corrected chi connectivity index (χ4v) is 4.07. The molecule has 0 heterocycles. The van der Waals surface area contributed by atoms with E-state index in [-0.39, 0.29) is 22.9 Å². The van der Waals surface area contributed by atoms with Crippen LogP contribution in [0.25, 0.3) is 0 Å². The number of sulfonamides is 1. The van der Waals surface area contributed by atoms with Crippen LogP contribution in [0.15, 0.2) is 53.4 Å². The Hall–Kier alpha value is -1.89. The zero-order chi connectivity index (χ0) is 20.2. The van der Waals surface area contributed by atoms with Gasteiger partial charge in [-0.3, -0.25) is 4.79 Å². The molecule has 0 saturated heterocycles. The number of hydrogen-bond acceptors (Lipinski definition) is 3. The van der Waals surface area contributed by atoms with E-state index in [1.54, 1.807) is 33.0 Å². The molecular weight excluding hydrogens is 384 g/mol. The van der Waals surface area contributed by atoms with Gasteiger partial charge in [0.1, 0.15) is 0 Å². The highest BCUT2D eigenvalue weighted by Crippen LogP contribution is 2.21. The lowest BCUT2D eigenvalue weighted by molar-refractivity contribution is 0.0935. The number of carbonyl (C=O) groups excluding carboxylic acids is 1. The van der Waals surface area contributed by atoms with E-state index in [9.17, 15) is 13.2 Å². The number of rotatable bonds is 7. The Kier molecular flexibility index (Phi) is 7.03. The van der Waals surface area contributed by atoms with Gasteiger partial charge in [-0.05, 0) is 62.2 Å². The molecular formula is C20H25ClN2O3S. The van der Waals surface area contributed by atoms with Crippen molar-refractivity contribution < 1.29 is 13.2 Å². The maximum absolute atomic E-state index is 12.6. The minimum atomic E-state index is -3.57. The highest BCUT2D eigenvalue weighted by molar-refractivity contribution is 7.89. The summed E-state index contributed by atoms with van der Waals surface area (Å²) in [6, 6.07) is 13.0. The molecule has 0 fully saturated rings. The van der Waals surface area contributed by atoms with E-state index in [4.69, 9.17) is 11.6 Å². The first-order valence-electron chi connectivity index (χ1n) is 8.81. The average molecular weight is 409 g/mol. The molecule has 1 unspecified atom stereocenters. The Balaban J connectivity index is 2.16. The summed E-state index contributed by atoms with van der Waals surface area (Å²) in [6.45, 7) is 5.60. The van der Waals surface area contributed by atoms with Crippen molar-refractivity contribution in [1.82, 2.24) is 9.62 Å². The lowest BCUT2D eigenvalue weighted by Gasteiger charge is -2.21. The van der Waals surface area contributed by atoms with Crippen molar-refractivity contribution in [2.45, 2.75) is 44.2 Å². The van der Waals surface area contributed by atoms with Crippen molar-refractivity contribution in [1.29, 1.82) is 0 Å². The van der Waals surface area contributed by atoms with Crippen LogP contribution in [0.3, 0.4) is 0 Å². The second kappa shape index (κ2) is 8.87. The first kappa shape index (κ1) is 21.4. The van der Waals surface area contributed by atoms with Crippen LogP contribution in [-0.4, -0.2) is 31.7 Å². The first-order chi connectivity index (χ1) is 12.7. The molecule has 0 spiro atoms. The molecule has 1 amide bonds. The summed E-state index contributed by atoms with van der Waals surface area (Å²) in [5.74, 6) is -0.252. The van der Waals surface area contributed by atoms with Crippen molar-refractivity contribution >= 4 is 27.5 Å². The molecule has 5 nitrogen and oxygen atoms in total. The van der Waals surface area contributed by atoms with Crippen LogP contribution in [0.4, 0.5) is 0 Å². The van der Waals surface area contributed by atoms with Gasteiger partial charge in [0.2, 0.25) is 10.0 Å². The molecule has 0 aliphatic carbocycles. The van der Waals surface area contributed by atoms with Crippen molar-refractivity contribution in [3.63, 3.8) is 0 Å². The zero-order valence-corrected chi connectivity index (χ0v) is 17.5. The number of hydrogen-bond donors (Lipinski definition) is 1. The van der Waals surface area contributed by atoms with E-state index in [1.165, 1.54) is 28.6 Å². The van der Waals surface area contributed by atoms with Crippen molar-refractivity contribution in [2.75, 3.05) is 7.05 Å². The summed E-state index contributed by atoms with van der Waals surface area (Å²) in [6.07, 6.45) is 0.721. The van der Waals surface area contributed by atoms with Crippen molar-refractivity contribution in [2.24, 2.45) is 0 Å². The number of carbonyl (C=O) groups is 1. The molecule has 1 atom stereocenters. The van der Waals surface area contributed by atoms with Gasteiger partial charge in [-0.1, -0.05) is 30.7 Å². The Bertz CT molecular complexity index is 878.